The summed E-state index contributed by atoms with van der Waals surface area (Å²) in [6.07, 6.45) is 0. The van der Waals surface area contributed by atoms with Crippen LogP contribution in [0, 0.1) is 0 Å². The standard InChI is InChI=1S/C24H27NO3/c1-17(19-8-6-5-7-9-19)25-16-18-10-12-22(26-2)21(14-18)20-11-13-23(27-3)24(15-20)28-4/h5-15,17,25H,16H2,1-4H3/t17-/m1/s1. The topological polar surface area (TPSA) is 39.7 Å². The summed E-state index contributed by atoms with van der Waals surface area (Å²) in [5.41, 5.74) is 4.51. The van der Waals surface area contributed by atoms with Crippen molar-refractivity contribution in [2.45, 2.75) is 19.5 Å². The van der Waals surface area contributed by atoms with Crippen LogP contribution < -0.4 is 19.5 Å². The molecule has 146 valence electrons. The summed E-state index contributed by atoms with van der Waals surface area (Å²) in [6, 6.07) is 22.9. The Hall–Kier alpha value is -2.98. The maximum atomic E-state index is 5.59. The molecule has 0 unspecified atom stereocenters. The van der Waals surface area contributed by atoms with Crippen molar-refractivity contribution in [2.24, 2.45) is 0 Å². The van der Waals surface area contributed by atoms with Crippen LogP contribution in [0.3, 0.4) is 0 Å². The predicted molar refractivity (Wildman–Crippen MR) is 113 cm³/mol. The van der Waals surface area contributed by atoms with Gasteiger partial charge in [-0.1, -0.05) is 42.5 Å². The van der Waals surface area contributed by atoms with Gasteiger partial charge >= 0.3 is 0 Å². The first kappa shape index (κ1) is 19.8. The van der Waals surface area contributed by atoms with Crippen molar-refractivity contribution in [1.29, 1.82) is 0 Å². The molecule has 0 heterocycles. The molecule has 0 fully saturated rings. The quantitative estimate of drug-likeness (QED) is 0.583. The zero-order valence-corrected chi connectivity index (χ0v) is 16.9. The van der Waals surface area contributed by atoms with Crippen LogP contribution in [0.5, 0.6) is 17.2 Å². The molecule has 0 aromatic heterocycles. The van der Waals surface area contributed by atoms with Crippen molar-refractivity contribution >= 4 is 0 Å². The lowest BCUT2D eigenvalue weighted by atomic mass is 10.0. The molecule has 0 aliphatic heterocycles. The molecular formula is C24H27NO3. The van der Waals surface area contributed by atoms with E-state index in [0.29, 0.717) is 11.5 Å². The van der Waals surface area contributed by atoms with Gasteiger partial charge in [0.2, 0.25) is 0 Å². The SMILES string of the molecule is COc1ccc(-c2cc(CN[C@H](C)c3ccccc3)ccc2OC)cc1OC. The van der Waals surface area contributed by atoms with Crippen LogP contribution in [-0.4, -0.2) is 21.3 Å². The number of hydrogen-bond donors (Lipinski definition) is 1. The fraction of sp³-hybridized carbons (Fsp3) is 0.250. The second-order valence-electron chi connectivity index (χ2n) is 6.62. The number of benzene rings is 3. The molecule has 0 bridgehead atoms. The van der Waals surface area contributed by atoms with E-state index < -0.39 is 0 Å². The zero-order valence-electron chi connectivity index (χ0n) is 16.9. The van der Waals surface area contributed by atoms with E-state index in [1.54, 1.807) is 21.3 Å². The van der Waals surface area contributed by atoms with Gasteiger partial charge in [-0.05, 0) is 47.9 Å². The van der Waals surface area contributed by atoms with Gasteiger partial charge < -0.3 is 19.5 Å². The van der Waals surface area contributed by atoms with E-state index in [-0.39, 0.29) is 6.04 Å². The van der Waals surface area contributed by atoms with Gasteiger partial charge in [0.25, 0.3) is 0 Å². The molecule has 0 saturated carbocycles. The van der Waals surface area contributed by atoms with Crippen molar-refractivity contribution in [2.75, 3.05) is 21.3 Å². The second-order valence-corrected chi connectivity index (χ2v) is 6.62. The Labute approximate surface area is 167 Å². The molecule has 1 atom stereocenters. The third-order valence-corrected chi connectivity index (χ3v) is 4.87. The number of ether oxygens (including phenoxy) is 3. The Bertz CT molecular complexity index is 909. The minimum Gasteiger partial charge on any atom is -0.496 e. The summed E-state index contributed by atoms with van der Waals surface area (Å²) < 4.78 is 16.4. The largest absolute Gasteiger partial charge is 0.496 e. The van der Waals surface area contributed by atoms with Crippen molar-refractivity contribution in [1.82, 2.24) is 5.32 Å². The molecule has 0 spiro atoms. The smallest absolute Gasteiger partial charge is 0.161 e. The average molecular weight is 377 g/mol. The van der Waals surface area contributed by atoms with Crippen LogP contribution in [0.25, 0.3) is 11.1 Å². The van der Waals surface area contributed by atoms with Crippen LogP contribution >= 0.6 is 0 Å². The van der Waals surface area contributed by atoms with E-state index >= 15 is 0 Å². The fourth-order valence-corrected chi connectivity index (χ4v) is 3.22. The third-order valence-electron chi connectivity index (χ3n) is 4.87. The van der Waals surface area contributed by atoms with E-state index in [0.717, 1.165) is 23.4 Å². The molecule has 28 heavy (non-hydrogen) atoms. The maximum Gasteiger partial charge on any atom is 0.161 e. The molecule has 0 radical (unpaired) electrons. The number of methoxy groups -OCH3 is 3. The monoisotopic (exact) mass is 377 g/mol. The number of hydrogen-bond acceptors (Lipinski definition) is 4. The van der Waals surface area contributed by atoms with Crippen molar-refractivity contribution in [3.63, 3.8) is 0 Å². The summed E-state index contributed by atoms with van der Waals surface area (Å²) >= 11 is 0. The Kier molecular flexibility index (Phi) is 6.56. The minimum atomic E-state index is 0.271. The van der Waals surface area contributed by atoms with Gasteiger partial charge in [-0.15, -0.1) is 0 Å². The minimum absolute atomic E-state index is 0.271. The highest BCUT2D eigenvalue weighted by atomic mass is 16.5. The van der Waals surface area contributed by atoms with Crippen LogP contribution in [0.4, 0.5) is 0 Å². The first-order chi connectivity index (χ1) is 13.7. The van der Waals surface area contributed by atoms with E-state index in [4.69, 9.17) is 14.2 Å². The zero-order chi connectivity index (χ0) is 19.9. The molecule has 3 aromatic carbocycles. The van der Waals surface area contributed by atoms with Crippen molar-refractivity contribution in [3.8, 4) is 28.4 Å². The van der Waals surface area contributed by atoms with Gasteiger partial charge in [0, 0.05) is 18.2 Å². The lowest BCUT2D eigenvalue weighted by molar-refractivity contribution is 0.355. The molecule has 0 aliphatic rings. The first-order valence-electron chi connectivity index (χ1n) is 9.34. The first-order valence-corrected chi connectivity index (χ1v) is 9.34. The van der Waals surface area contributed by atoms with Gasteiger partial charge in [0.1, 0.15) is 5.75 Å². The molecule has 0 saturated heterocycles. The summed E-state index contributed by atoms with van der Waals surface area (Å²) in [7, 11) is 4.97. The Morgan fingerprint density at radius 3 is 2.11 bits per heavy atom. The molecule has 3 aromatic rings. The normalized spacial score (nSPS) is 11.7. The fourth-order valence-electron chi connectivity index (χ4n) is 3.22. The molecular weight excluding hydrogens is 350 g/mol. The van der Waals surface area contributed by atoms with Crippen molar-refractivity contribution in [3.05, 3.63) is 77.9 Å². The Morgan fingerprint density at radius 2 is 1.43 bits per heavy atom. The van der Waals surface area contributed by atoms with E-state index in [9.17, 15) is 0 Å². The predicted octanol–water partition coefficient (Wildman–Crippen LogP) is 5.23. The van der Waals surface area contributed by atoms with E-state index in [1.165, 1.54) is 11.1 Å². The summed E-state index contributed by atoms with van der Waals surface area (Å²) in [5.74, 6) is 2.23. The van der Waals surface area contributed by atoms with Crippen LogP contribution in [0.15, 0.2) is 66.7 Å². The maximum absolute atomic E-state index is 5.59. The van der Waals surface area contributed by atoms with Gasteiger partial charge in [-0.25, -0.2) is 0 Å². The number of nitrogens with one attached hydrogen (secondary N) is 1. The molecule has 3 rings (SSSR count). The highest BCUT2D eigenvalue weighted by Crippen LogP contribution is 2.36. The third kappa shape index (κ3) is 4.46. The van der Waals surface area contributed by atoms with Gasteiger partial charge in [-0.3, -0.25) is 0 Å². The highest BCUT2D eigenvalue weighted by Gasteiger charge is 2.12. The summed E-state index contributed by atoms with van der Waals surface area (Å²) in [4.78, 5) is 0. The Balaban J connectivity index is 1.84. The molecule has 0 amide bonds. The van der Waals surface area contributed by atoms with Gasteiger partial charge in [-0.2, -0.15) is 0 Å². The van der Waals surface area contributed by atoms with E-state index in [2.05, 4.69) is 48.6 Å². The van der Waals surface area contributed by atoms with Gasteiger partial charge in [0.15, 0.2) is 11.5 Å². The summed E-state index contributed by atoms with van der Waals surface area (Å²) in [5, 5.41) is 3.59. The number of rotatable bonds is 8. The lowest BCUT2D eigenvalue weighted by Gasteiger charge is -2.16. The molecule has 1 N–H and O–H groups in total. The second kappa shape index (κ2) is 9.29. The van der Waals surface area contributed by atoms with Crippen molar-refractivity contribution < 1.29 is 14.2 Å². The van der Waals surface area contributed by atoms with Crippen LogP contribution in [0.2, 0.25) is 0 Å². The molecule has 4 heteroatoms. The van der Waals surface area contributed by atoms with Crippen LogP contribution in [-0.2, 0) is 6.54 Å². The average Bonchev–Trinajstić information content (AvgIpc) is 2.77. The molecule has 4 nitrogen and oxygen atoms in total. The highest BCUT2D eigenvalue weighted by molar-refractivity contribution is 5.73. The lowest BCUT2D eigenvalue weighted by Crippen LogP contribution is -2.18. The van der Waals surface area contributed by atoms with Gasteiger partial charge in [0.05, 0.1) is 21.3 Å². The summed E-state index contributed by atoms with van der Waals surface area (Å²) in [6.45, 7) is 2.94. The molecule has 0 aliphatic carbocycles. The van der Waals surface area contributed by atoms with Crippen LogP contribution in [0.1, 0.15) is 24.1 Å². The Morgan fingerprint density at radius 1 is 0.750 bits per heavy atom. The van der Waals surface area contributed by atoms with E-state index in [1.807, 2.05) is 30.3 Å².